The van der Waals surface area contributed by atoms with E-state index in [1.807, 2.05) is 0 Å². The maximum Gasteiger partial charge on any atom is 0.328 e. The highest BCUT2D eigenvalue weighted by molar-refractivity contribution is 7.80. The molecule has 0 saturated carbocycles. The summed E-state index contributed by atoms with van der Waals surface area (Å²) < 4.78 is 0. The lowest BCUT2D eigenvalue weighted by atomic mass is 10.1. The first-order chi connectivity index (χ1) is 13.2. The molecule has 0 aliphatic heterocycles. The molecule has 0 aromatic rings. The quantitative estimate of drug-likeness (QED) is 0.0997. The molecule has 28 heavy (non-hydrogen) atoms. The topological polar surface area (TPSA) is 197 Å². The Morgan fingerprint density at radius 2 is 1.32 bits per heavy atom. The van der Waals surface area contributed by atoms with E-state index >= 15 is 0 Å². The monoisotopic (exact) mass is 439 g/mol. The maximum atomic E-state index is 12.3. The minimum absolute atomic E-state index is 0.0532. The average Bonchev–Trinajstić information content (AvgIpc) is 2.67. The summed E-state index contributed by atoms with van der Waals surface area (Å²) in [5.74, 6) is -3.70. The van der Waals surface area contributed by atoms with Crippen LogP contribution in [0.5, 0.6) is 0 Å². The summed E-state index contributed by atoms with van der Waals surface area (Å²) >= 11 is 7.98. The third-order valence-electron chi connectivity index (χ3n) is 3.73. The highest BCUT2D eigenvalue weighted by atomic mass is 32.1. The van der Waals surface area contributed by atoms with E-state index in [1.165, 1.54) is 0 Å². The summed E-state index contributed by atoms with van der Waals surface area (Å²) in [4.78, 5) is 47.4. The number of carbonyl (C=O) groups excluding carboxylic acids is 3. The molecule has 0 bridgehead atoms. The number of unbranched alkanes of at least 4 members (excludes halogenated alkanes) is 1. The number of carbonyl (C=O) groups is 4. The molecule has 4 atom stereocenters. The second-order valence-electron chi connectivity index (χ2n) is 5.96. The first-order valence-corrected chi connectivity index (χ1v) is 9.90. The minimum Gasteiger partial charge on any atom is -0.480 e. The van der Waals surface area contributed by atoms with E-state index < -0.39 is 54.5 Å². The van der Waals surface area contributed by atoms with Crippen LogP contribution in [0.2, 0.25) is 0 Å². The molecular formula is C15H29N5O6S2. The zero-order valence-corrected chi connectivity index (χ0v) is 17.1. The molecule has 0 spiro atoms. The number of nitrogens with two attached hydrogens (primary N) is 2. The summed E-state index contributed by atoms with van der Waals surface area (Å²) in [7, 11) is 0. The van der Waals surface area contributed by atoms with Crippen molar-refractivity contribution in [2.24, 2.45) is 11.5 Å². The lowest BCUT2D eigenvalue weighted by Crippen LogP contribution is -2.58. The van der Waals surface area contributed by atoms with Gasteiger partial charge in [-0.15, -0.1) is 0 Å². The van der Waals surface area contributed by atoms with Gasteiger partial charge in [0.05, 0.1) is 12.6 Å². The maximum absolute atomic E-state index is 12.3. The normalized spacial score (nSPS) is 15.0. The molecule has 0 fully saturated rings. The van der Waals surface area contributed by atoms with Crippen LogP contribution in [0.1, 0.15) is 19.3 Å². The molecule has 0 rings (SSSR count). The summed E-state index contributed by atoms with van der Waals surface area (Å²) in [6.07, 6.45) is 1.80. The lowest BCUT2D eigenvalue weighted by Gasteiger charge is -2.23. The predicted octanol–water partition coefficient (Wildman–Crippen LogP) is -3.17. The first kappa shape index (κ1) is 26.5. The van der Waals surface area contributed by atoms with Gasteiger partial charge in [-0.25, -0.2) is 4.79 Å². The molecule has 13 heteroatoms. The standard InChI is InChI=1S/C15H29N5O6S2/c16-4-2-1-3-8(17)12(22)19-10(6-27)14(24)20-11(7-28)13(23)18-9(5-21)15(25)26/h8-11,21,27-28H,1-7,16-17H2,(H,18,23)(H,19,22)(H,20,24)(H,25,26). The zero-order valence-electron chi connectivity index (χ0n) is 15.3. The van der Waals surface area contributed by atoms with Crippen molar-refractivity contribution in [2.75, 3.05) is 24.7 Å². The van der Waals surface area contributed by atoms with Crippen molar-refractivity contribution in [2.45, 2.75) is 43.4 Å². The summed E-state index contributed by atoms with van der Waals surface area (Å²) in [6, 6.07) is -4.56. The Morgan fingerprint density at radius 1 is 0.857 bits per heavy atom. The van der Waals surface area contributed by atoms with Gasteiger partial charge in [0.2, 0.25) is 17.7 Å². The Bertz CT molecular complexity index is 539. The Morgan fingerprint density at radius 3 is 1.71 bits per heavy atom. The smallest absolute Gasteiger partial charge is 0.328 e. The zero-order chi connectivity index (χ0) is 21.7. The number of hydrogen-bond acceptors (Lipinski definition) is 9. The molecule has 162 valence electrons. The van der Waals surface area contributed by atoms with Gasteiger partial charge in [-0.05, 0) is 19.4 Å². The van der Waals surface area contributed by atoms with Gasteiger partial charge in [-0.2, -0.15) is 25.3 Å². The van der Waals surface area contributed by atoms with Crippen molar-refractivity contribution in [3.63, 3.8) is 0 Å². The van der Waals surface area contributed by atoms with Gasteiger partial charge in [0.15, 0.2) is 0 Å². The molecule has 9 N–H and O–H groups in total. The van der Waals surface area contributed by atoms with Crippen molar-refractivity contribution in [1.82, 2.24) is 16.0 Å². The van der Waals surface area contributed by atoms with Gasteiger partial charge in [0, 0.05) is 11.5 Å². The molecular weight excluding hydrogens is 410 g/mol. The predicted molar refractivity (Wildman–Crippen MR) is 109 cm³/mol. The average molecular weight is 440 g/mol. The fourth-order valence-corrected chi connectivity index (χ4v) is 2.55. The fraction of sp³-hybridized carbons (Fsp3) is 0.733. The summed E-state index contributed by atoms with van der Waals surface area (Å²) in [5.41, 5.74) is 11.2. The van der Waals surface area contributed by atoms with E-state index in [1.54, 1.807) is 0 Å². The van der Waals surface area contributed by atoms with Crippen LogP contribution in [0.3, 0.4) is 0 Å². The molecule has 3 amide bonds. The van der Waals surface area contributed by atoms with Crippen molar-refractivity contribution in [1.29, 1.82) is 0 Å². The Balaban J connectivity index is 4.80. The van der Waals surface area contributed by atoms with Gasteiger partial charge in [-0.1, -0.05) is 6.42 Å². The molecule has 4 unspecified atom stereocenters. The summed E-state index contributed by atoms with van der Waals surface area (Å²) in [6.45, 7) is -0.326. The van der Waals surface area contributed by atoms with Crippen LogP contribution in [-0.2, 0) is 19.2 Å². The first-order valence-electron chi connectivity index (χ1n) is 8.63. The van der Waals surface area contributed by atoms with E-state index in [4.69, 9.17) is 21.7 Å². The van der Waals surface area contributed by atoms with Gasteiger partial charge in [0.25, 0.3) is 0 Å². The van der Waals surface area contributed by atoms with E-state index in [2.05, 4.69) is 41.2 Å². The van der Waals surface area contributed by atoms with Crippen molar-refractivity contribution < 1.29 is 29.4 Å². The molecule has 0 aromatic carbocycles. The number of aliphatic hydroxyl groups excluding tert-OH is 1. The van der Waals surface area contributed by atoms with Crippen LogP contribution in [-0.4, -0.2) is 82.7 Å². The van der Waals surface area contributed by atoms with Crippen LogP contribution in [0.4, 0.5) is 0 Å². The number of carboxylic acid groups (broad SMARTS) is 1. The lowest BCUT2D eigenvalue weighted by molar-refractivity contribution is -0.143. The number of aliphatic hydroxyl groups is 1. The molecule has 11 nitrogen and oxygen atoms in total. The van der Waals surface area contributed by atoms with E-state index in [-0.39, 0.29) is 11.5 Å². The number of carboxylic acids is 1. The molecule has 0 radical (unpaired) electrons. The number of nitrogens with one attached hydrogen (secondary N) is 3. The highest BCUT2D eigenvalue weighted by Crippen LogP contribution is 2.00. The number of rotatable bonds is 14. The molecule has 0 aliphatic rings. The van der Waals surface area contributed by atoms with Gasteiger partial charge >= 0.3 is 5.97 Å². The molecule has 0 heterocycles. The number of hydrogen-bond donors (Lipinski definition) is 9. The third-order valence-corrected chi connectivity index (χ3v) is 4.46. The largest absolute Gasteiger partial charge is 0.480 e. The summed E-state index contributed by atoms with van der Waals surface area (Å²) in [5, 5.41) is 24.7. The Kier molecular flexibility index (Phi) is 13.7. The van der Waals surface area contributed by atoms with Crippen LogP contribution in [0.15, 0.2) is 0 Å². The van der Waals surface area contributed by atoms with Gasteiger partial charge in [-0.3, -0.25) is 14.4 Å². The van der Waals surface area contributed by atoms with Crippen molar-refractivity contribution >= 4 is 48.9 Å². The van der Waals surface area contributed by atoms with Gasteiger partial charge in [0.1, 0.15) is 18.1 Å². The Labute approximate surface area is 174 Å². The van der Waals surface area contributed by atoms with E-state index in [0.717, 1.165) is 6.42 Å². The van der Waals surface area contributed by atoms with Crippen LogP contribution >= 0.6 is 25.3 Å². The van der Waals surface area contributed by atoms with Crippen LogP contribution in [0, 0.1) is 0 Å². The number of thiol groups is 2. The van der Waals surface area contributed by atoms with Crippen LogP contribution in [0.25, 0.3) is 0 Å². The minimum atomic E-state index is -1.52. The van der Waals surface area contributed by atoms with Crippen LogP contribution < -0.4 is 27.4 Å². The van der Waals surface area contributed by atoms with Crippen molar-refractivity contribution in [3.05, 3.63) is 0 Å². The van der Waals surface area contributed by atoms with E-state index in [0.29, 0.717) is 19.4 Å². The van der Waals surface area contributed by atoms with Crippen molar-refractivity contribution in [3.8, 4) is 0 Å². The number of aliphatic carboxylic acids is 1. The second kappa shape index (κ2) is 14.5. The Hall–Kier alpha value is -1.54. The molecule has 0 aromatic heterocycles. The SMILES string of the molecule is NCCCCC(N)C(=O)NC(CS)C(=O)NC(CS)C(=O)NC(CO)C(=O)O. The third kappa shape index (κ3) is 9.59. The van der Waals surface area contributed by atoms with E-state index in [9.17, 15) is 19.2 Å². The fourth-order valence-electron chi connectivity index (χ4n) is 2.04. The molecule has 0 saturated heterocycles. The number of amides is 3. The molecule has 0 aliphatic carbocycles. The van der Waals surface area contributed by atoms with Gasteiger partial charge < -0.3 is 37.6 Å². The highest BCUT2D eigenvalue weighted by Gasteiger charge is 2.28. The second-order valence-corrected chi connectivity index (χ2v) is 6.69.